The van der Waals surface area contributed by atoms with Crippen molar-refractivity contribution in [3.8, 4) is 0 Å². The number of piperidine rings is 1. The minimum absolute atomic E-state index is 0.522. The molecule has 0 bridgehead atoms. The van der Waals surface area contributed by atoms with Crippen LogP contribution in [0.15, 0.2) is 6.20 Å². The van der Waals surface area contributed by atoms with Crippen molar-refractivity contribution in [2.75, 3.05) is 18.4 Å². The van der Waals surface area contributed by atoms with Gasteiger partial charge in [-0.15, -0.1) is 0 Å². The van der Waals surface area contributed by atoms with Crippen LogP contribution in [0.25, 0.3) is 0 Å². The lowest BCUT2D eigenvalue weighted by atomic mass is 10.1. The number of nitrogens with zero attached hydrogens (tertiary/aromatic N) is 2. The lowest BCUT2D eigenvalue weighted by Crippen LogP contribution is -2.39. The Morgan fingerprint density at radius 2 is 2.44 bits per heavy atom. The smallest absolute Gasteiger partial charge is 0.224 e. The highest BCUT2D eigenvalue weighted by Crippen LogP contribution is 2.13. The highest BCUT2D eigenvalue weighted by Gasteiger charge is 2.12. The first kappa shape index (κ1) is 11.6. The van der Waals surface area contributed by atoms with Crippen molar-refractivity contribution >= 4 is 17.5 Å². The summed E-state index contributed by atoms with van der Waals surface area (Å²) in [6.45, 7) is 3.87. The van der Waals surface area contributed by atoms with Gasteiger partial charge in [-0.2, -0.15) is 0 Å². The molecule has 0 radical (unpaired) electrons. The third-order valence-corrected chi connectivity index (χ3v) is 3.21. The predicted molar refractivity (Wildman–Crippen MR) is 65.9 cm³/mol. The molecule has 1 aromatic rings. The molecule has 2 rings (SSSR count). The van der Waals surface area contributed by atoms with E-state index in [0.717, 1.165) is 18.7 Å². The number of rotatable bonds is 3. The van der Waals surface area contributed by atoms with Crippen molar-refractivity contribution in [3.63, 3.8) is 0 Å². The SMILES string of the molecule is Cc1cnc(NC[C@H]2CCCCN2)nc1Cl. The summed E-state index contributed by atoms with van der Waals surface area (Å²) in [5.74, 6) is 0.614. The van der Waals surface area contributed by atoms with Crippen molar-refractivity contribution in [2.24, 2.45) is 0 Å². The van der Waals surface area contributed by atoms with E-state index >= 15 is 0 Å². The average molecular weight is 241 g/mol. The molecule has 0 aliphatic carbocycles. The van der Waals surface area contributed by atoms with E-state index < -0.39 is 0 Å². The number of aryl methyl sites for hydroxylation is 1. The maximum Gasteiger partial charge on any atom is 0.224 e. The highest BCUT2D eigenvalue weighted by molar-refractivity contribution is 6.30. The minimum Gasteiger partial charge on any atom is -0.353 e. The van der Waals surface area contributed by atoms with Gasteiger partial charge in [-0.05, 0) is 26.3 Å². The van der Waals surface area contributed by atoms with E-state index in [1.165, 1.54) is 19.3 Å². The topological polar surface area (TPSA) is 49.8 Å². The molecule has 2 heterocycles. The zero-order valence-electron chi connectivity index (χ0n) is 9.46. The fourth-order valence-corrected chi connectivity index (χ4v) is 1.95. The molecule has 88 valence electrons. The van der Waals surface area contributed by atoms with E-state index in [9.17, 15) is 0 Å². The first-order valence-corrected chi connectivity index (χ1v) is 6.10. The molecule has 1 aliphatic heterocycles. The summed E-state index contributed by atoms with van der Waals surface area (Å²) in [6, 6.07) is 0.525. The second-order valence-corrected chi connectivity index (χ2v) is 4.55. The Hall–Kier alpha value is -0.870. The standard InChI is InChI=1S/C11H17ClN4/c1-8-6-14-11(16-10(8)12)15-7-9-4-2-3-5-13-9/h6,9,13H,2-5,7H2,1H3,(H,14,15,16)/t9-/m1/s1. The average Bonchev–Trinajstić information content (AvgIpc) is 2.32. The van der Waals surface area contributed by atoms with Crippen LogP contribution < -0.4 is 10.6 Å². The summed E-state index contributed by atoms with van der Waals surface area (Å²) in [4.78, 5) is 8.36. The summed E-state index contributed by atoms with van der Waals surface area (Å²) in [7, 11) is 0. The van der Waals surface area contributed by atoms with E-state index in [1.54, 1.807) is 6.20 Å². The van der Waals surface area contributed by atoms with Gasteiger partial charge in [0, 0.05) is 24.3 Å². The normalized spacial score (nSPS) is 20.8. The molecular formula is C11H17ClN4. The molecule has 1 fully saturated rings. The zero-order chi connectivity index (χ0) is 11.4. The Kier molecular flexibility index (Phi) is 3.96. The zero-order valence-corrected chi connectivity index (χ0v) is 10.2. The first-order chi connectivity index (χ1) is 7.75. The number of nitrogens with one attached hydrogen (secondary N) is 2. The van der Waals surface area contributed by atoms with Crippen LogP contribution in [0.4, 0.5) is 5.95 Å². The van der Waals surface area contributed by atoms with Crippen LogP contribution in [0.2, 0.25) is 5.15 Å². The summed E-state index contributed by atoms with van der Waals surface area (Å²) in [6.07, 6.45) is 5.54. The minimum atomic E-state index is 0.522. The molecule has 0 amide bonds. The van der Waals surface area contributed by atoms with Gasteiger partial charge in [0.1, 0.15) is 5.15 Å². The van der Waals surface area contributed by atoms with E-state index in [4.69, 9.17) is 11.6 Å². The molecule has 16 heavy (non-hydrogen) atoms. The van der Waals surface area contributed by atoms with Crippen molar-refractivity contribution in [2.45, 2.75) is 32.2 Å². The second kappa shape index (κ2) is 5.46. The molecule has 1 saturated heterocycles. The summed E-state index contributed by atoms with van der Waals surface area (Å²) < 4.78 is 0. The lowest BCUT2D eigenvalue weighted by molar-refractivity contribution is 0.413. The largest absolute Gasteiger partial charge is 0.353 e. The first-order valence-electron chi connectivity index (χ1n) is 5.72. The number of hydrogen-bond donors (Lipinski definition) is 2. The molecule has 5 heteroatoms. The van der Waals surface area contributed by atoms with Gasteiger partial charge in [0.05, 0.1) is 0 Å². The molecule has 4 nitrogen and oxygen atoms in total. The molecule has 0 unspecified atom stereocenters. The van der Waals surface area contributed by atoms with Crippen LogP contribution in [0.1, 0.15) is 24.8 Å². The molecule has 1 aromatic heterocycles. The molecule has 2 N–H and O–H groups in total. The van der Waals surface area contributed by atoms with Crippen LogP contribution in [0.5, 0.6) is 0 Å². The van der Waals surface area contributed by atoms with Crippen LogP contribution >= 0.6 is 11.6 Å². The maximum atomic E-state index is 5.93. The Morgan fingerprint density at radius 1 is 1.56 bits per heavy atom. The molecule has 1 atom stereocenters. The fourth-order valence-electron chi connectivity index (χ4n) is 1.82. The number of anilines is 1. The van der Waals surface area contributed by atoms with E-state index in [-0.39, 0.29) is 0 Å². The van der Waals surface area contributed by atoms with Gasteiger partial charge in [0.25, 0.3) is 0 Å². The van der Waals surface area contributed by atoms with Crippen molar-refractivity contribution in [1.82, 2.24) is 15.3 Å². The maximum absolute atomic E-state index is 5.93. The van der Waals surface area contributed by atoms with Crippen LogP contribution in [-0.2, 0) is 0 Å². The Bertz CT molecular complexity index is 350. The highest BCUT2D eigenvalue weighted by atomic mass is 35.5. The summed E-state index contributed by atoms with van der Waals surface area (Å²) in [5.41, 5.74) is 0.906. The monoisotopic (exact) mass is 240 g/mol. The van der Waals surface area contributed by atoms with E-state index in [0.29, 0.717) is 17.1 Å². The fraction of sp³-hybridized carbons (Fsp3) is 0.636. The number of hydrogen-bond acceptors (Lipinski definition) is 4. The number of halogens is 1. The molecule has 0 aromatic carbocycles. The van der Waals surface area contributed by atoms with Crippen LogP contribution in [0.3, 0.4) is 0 Å². The number of aromatic nitrogens is 2. The Morgan fingerprint density at radius 3 is 3.12 bits per heavy atom. The van der Waals surface area contributed by atoms with Gasteiger partial charge >= 0.3 is 0 Å². The third-order valence-electron chi connectivity index (χ3n) is 2.83. The predicted octanol–water partition coefficient (Wildman–Crippen LogP) is 1.99. The van der Waals surface area contributed by atoms with Crippen molar-refractivity contribution < 1.29 is 0 Å². The summed E-state index contributed by atoms with van der Waals surface area (Å²) in [5, 5.41) is 7.20. The molecular weight excluding hydrogens is 224 g/mol. The van der Waals surface area contributed by atoms with Gasteiger partial charge in [-0.3, -0.25) is 0 Å². The van der Waals surface area contributed by atoms with Gasteiger partial charge in [-0.1, -0.05) is 18.0 Å². The molecule has 0 spiro atoms. The molecule has 1 aliphatic rings. The van der Waals surface area contributed by atoms with Gasteiger partial charge in [0.15, 0.2) is 0 Å². The Balaban J connectivity index is 1.86. The lowest BCUT2D eigenvalue weighted by Gasteiger charge is -2.23. The van der Waals surface area contributed by atoms with Crippen molar-refractivity contribution in [1.29, 1.82) is 0 Å². The quantitative estimate of drug-likeness (QED) is 0.794. The molecule has 0 saturated carbocycles. The van der Waals surface area contributed by atoms with E-state index in [1.807, 2.05) is 6.92 Å². The van der Waals surface area contributed by atoms with Gasteiger partial charge < -0.3 is 10.6 Å². The van der Waals surface area contributed by atoms with Crippen LogP contribution in [-0.4, -0.2) is 29.1 Å². The van der Waals surface area contributed by atoms with Gasteiger partial charge in [-0.25, -0.2) is 9.97 Å². The van der Waals surface area contributed by atoms with Crippen molar-refractivity contribution in [3.05, 3.63) is 16.9 Å². The third kappa shape index (κ3) is 3.06. The second-order valence-electron chi connectivity index (χ2n) is 4.20. The van der Waals surface area contributed by atoms with E-state index in [2.05, 4.69) is 20.6 Å². The summed E-state index contributed by atoms with van der Waals surface area (Å²) >= 11 is 5.93. The van der Waals surface area contributed by atoms with Crippen LogP contribution in [0, 0.1) is 6.92 Å². The van der Waals surface area contributed by atoms with Gasteiger partial charge in [0.2, 0.25) is 5.95 Å². The Labute approximate surface area is 101 Å².